The third-order valence-corrected chi connectivity index (χ3v) is 2.70. The number of nitrogens with one attached hydrogen (secondary N) is 1. The maximum absolute atomic E-state index is 3.94. The van der Waals surface area contributed by atoms with Gasteiger partial charge in [0.1, 0.15) is 6.20 Å². The van der Waals surface area contributed by atoms with Gasteiger partial charge in [-0.15, -0.1) is 0 Å². The summed E-state index contributed by atoms with van der Waals surface area (Å²) in [5.74, 6) is 0.925. The van der Waals surface area contributed by atoms with Gasteiger partial charge in [-0.3, -0.25) is 5.10 Å². The molecule has 1 aliphatic rings. The molecule has 0 bridgehead atoms. The van der Waals surface area contributed by atoms with Gasteiger partial charge in [-0.1, -0.05) is 12.1 Å². The van der Waals surface area contributed by atoms with E-state index in [-0.39, 0.29) is 0 Å². The SMILES string of the molecule is [c]1n[nH]c2cccc(CC3CC3)c12. The van der Waals surface area contributed by atoms with Gasteiger partial charge in [0.25, 0.3) is 0 Å². The monoisotopic (exact) mass is 171 g/mol. The predicted molar refractivity (Wildman–Crippen MR) is 51.4 cm³/mol. The summed E-state index contributed by atoms with van der Waals surface area (Å²) in [5, 5.41) is 8.06. The van der Waals surface area contributed by atoms with Crippen LogP contribution in [0.4, 0.5) is 0 Å². The van der Waals surface area contributed by atoms with Crippen molar-refractivity contribution in [3.05, 3.63) is 30.0 Å². The Morgan fingerprint density at radius 2 is 2.38 bits per heavy atom. The number of hydrogen-bond acceptors (Lipinski definition) is 1. The van der Waals surface area contributed by atoms with Gasteiger partial charge >= 0.3 is 0 Å². The summed E-state index contributed by atoms with van der Waals surface area (Å²) in [6, 6.07) is 6.33. The average molecular weight is 171 g/mol. The molecule has 0 aliphatic heterocycles. The average Bonchev–Trinajstić information content (AvgIpc) is 2.83. The molecule has 1 aromatic heterocycles. The number of fused-ring (bicyclic) bond motifs is 1. The smallest absolute Gasteiger partial charge is 0.121 e. The second-order valence-electron chi connectivity index (χ2n) is 3.82. The fourth-order valence-corrected chi connectivity index (χ4v) is 1.77. The molecule has 1 radical (unpaired) electrons. The van der Waals surface area contributed by atoms with Gasteiger partial charge in [-0.05, 0) is 36.8 Å². The van der Waals surface area contributed by atoms with Crippen LogP contribution in [-0.4, -0.2) is 10.2 Å². The molecule has 3 rings (SSSR count). The van der Waals surface area contributed by atoms with Crippen molar-refractivity contribution in [1.82, 2.24) is 10.2 Å². The van der Waals surface area contributed by atoms with E-state index in [1.54, 1.807) is 0 Å². The number of H-pyrrole nitrogens is 1. The first-order chi connectivity index (χ1) is 6.43. The normalized spacial score (nSPS) is 16.6. The summed E-state index contributed by atoms with van der Waals surface area (Å²) in [4.78, 5) is 0. The zero-order valence-corrected chi connectivity index (χ0v) is 7.38. The number of hydrogen-bond donors (Lipinski definition) is 1. The van der Waals surface area contributed by atoms with E-state index in [1.165, 1.54) is 30.2 Å². The lowest BCUT2D eigenvalue weighted by Crippen LogP contribution is -1.86. The van der Waals surface area contributed by atoms with Crippen LogP contribution in [0.2, 0.25) is 0 Å². The van der Waals surface area contributed by atoms with Gasteiger partial charge in [-0.2, -0.15) is 5.10 Å². The van der Waals surface area contributed by atoms with Crippen molar-refractivity contribution in [3.8, 4) is 0 Å². The van der Waals surface area contributed by atoms with Crippen LogP contribution in [0.25, 0.3) is 10.9 Å². The maximum atomic E-state index is 3.94. The molecular formula is C11H11N2. The highest BCUT2D eigenvalue weighted by Crippen LogP contribution is 2.34. The largest absolute Gasteiger partial charge is 0.277 e. The Bertz CT molecular complexity index is 426. The fraction of sp³-hybridized carbons (Fsp3) is 0.364. The van der Waals surface area contributed by atoms with E-state index >= 15 is 0 Å². The van der Waals surface area contributed by atoms with E-state index in [2.05, 4.69) is 34.6 Å². The molecule has 65 valence electrons. The van der Waals surface area contributed by atoms with Gasteiger partial charge in [0.05, 0.1) is 5.52 Å². The molecule has 0 spiro atoms. The topological polar surface area (TPSA) is 28.7 Å². The van der Waals surface area contributed by atoms with Crippen LogP contribution in [0.5, 0.6) is 0 Å². The van der Waals surface area contributed by atoms with Crippen LogP contribution in [0.15, 0.2) is 18.2 Å². The molecule has 1 saturated carbocycles. The third kappa shape index (κ3) is 1.22. The third-order valence-electron chi connectivity index (χ3n) is 2.70. The molecular weight excluding hydrogens is 160 g/mol. The molecule has 0 unspecified atom stereocenters. The Morgan fingerprint density at radius 1 is 1.46 bits per heavy atom. The molecule has 0 saturated heterocycles. The van der Waals surface area contributed by atoms with E-state index in [1.807, 2.05) is 0 Å². The van der Waals surface area contributed by atoms with Crippen LogP contribution in [0.3, 0.4) is 0 Å². The standard InChI is InChI=1S/C11H11N2/c1-2-9(6-8-4-5-8)10-7-12-13-11(10)3-1/h1-3,8H,4-6H2,(H,12,13). The van der Waals surface area contributed by atoms with Crippen LogP contribution in [-0.2, 0) is 6.42 Å². The van der Waals surface area contributed by atoms with Crippen LogP contribution < -0.4 is 0 Å². The summed E-state index contributed by atoms with van der Waals surface area (Å²) >= 11 is 0. The molecule has 2 heteroatoms. The van der Waals surface area contributed by atoms with Gasteiger partial charge in [0.2, 0.25) is 0 Å². The second kappa shape index (κ2) is 2.59. The van der Waals surface area contributed by atoms with Crippen molar-refractivity contribution >= 4 is 10.9 Å². The molecule has 0 atom stereocenters. The van der Waals surface area contributed by atoms with E-state index < -0.39 is 0 Å². The minimum absolute atomic E-state index is 0.925. The summed E-state index contributed by atoms with van der Waals surface area (Å²) in [7, 11) is 0. The fourth-order valence-electron chi connectivity index (χ4n) is 1.77. The molecule has 1 aliphatic carbocycles. The maximum Gasteiger partial charge on any atom is 0.121 e. The van der Waals surface area contributed by atoms with Crippen molar-refractivity contribution in [2.45, 2.75) is 19.3 Å². The zero-order chi connectivity index (χ0) is 8.67. The lowest BCUT2D eigenvalue weighted by molar-refractivity contribution is 0.838. The number of rotatable bonds is 2. The highest BCUT2D eigenvalue weighted by molar-refractivity contribution is 5.80. The Labute approximate surface area is 77.0 Å². The lowest BCUT2D eigenvalue weighted by atomic mass is 10.1. The first-order valence-electron chi connectivity index (χ1n) is 4.77. The number of nitrogens with zero attached hydrogens (tertiary/aromatic N) is 1. The summed E-state index contributed by atoms with van der Waals surface area (Å²) < 4.78 is 0. The minimum atomic E-state index is 0.925. The van der Waals surface area contributed by atoms with Gasteiger partial charge in [-0.25, -0.2) is 0 Å². The molecule has 2 aromatic rings. The number of aromatic nitrogens is 2. The Kier molecular flexibility index (Phi) is 1.42. The van der Waals surface area contributed by atoms with E-state index in [0.717, 1.165) is 11.4 Å². The molecule has 1 N–H and O–H groups in total. The predicted octanol–water partition coefficient (Wildman–Crippen LogP) is 2.32. The van der Waals surface area contributed by atoms with Gasteiger partial charge in [0.15, 0.2) is 0 Å². The molecule has 1 fully saturated rings. The minimum Gasteiger partial charge on any atom is -0.277 e. The van der Waals surface area contributed by atoms with E-state index in [4.69, 9.17) is 0 Å². The highest BCUT2D eigenvalue weighted by Gasteiger charge is 2.22. The highest BCUT2D eigenvalue weighted by atomic mass is 15.1. The first kappa shape index (κ1) is 7.13. The second-order valence-corrected chi connectivity index (χ2v) is 3.82. The van der Waals surface area contributed by atoms with Crippen LogP contribution in [0, 0.1) is 12.1 Å². The Morgan fingerprint density at radius 3 is 3.23 bits per heavy atom. The number of benzene rings is 1. The molecule has 1 heterocycles. The summed E-state index contributed by atoms with van der Waals surface area (Å²) in [5.41, 5.74) is 2.51. The summed E-state index contributed by atoms with van der Waals surface area (Å²) in [6.07, 6.45) is 7.01. The lowest BCUT2D eigenvalue weighted by Gasteiger charge is -1.99. The Balaban J connectivity index is 2.09. The first-order valence-corrected chi connectivity index (χ1v) is 4.77. The zero-order valence-electron chi connectivity index (χ0n) is 7.38. The van der Waals surface area contributed by atoms with Crippen molar-refractivity contribution in [3.63, 3.8) is 0 Å². The van der Waals surface area contributed by atoms with E-state index in [9.17, 15) is 0 Å². The van der Waals surface area contributed by atoms with Gasteiger partial charge < -0.3 is 0 Å². The molecule has 0 amide bonds. The molecule has 13 heavy (non-hydrogen) atoms. The molecule has 2 nitrogen and oxygen atoms in total. The number of aromatic amines is 1. The quantitative estimate of drug-likeness (QED) is 0.738. The Hall–Kier alpha value is -1.31. The van der Waals surface area contributed by atoms with Crippen molar-refractivity contribution in [2.24, 2.45) is 5.92 Å². The van der Waals surface area contributed by atoms with Crippen molar-refractivity contribution < 1.29 is 0 Å². The molecule has 1 aromatic carbocycles. The van der Waals surface area contributed by atoms with Crippen molar-refractivity contribution in [1.29, 1.82) is 0 Å². The van der Waals surface area contributed by atoms with Crippen LogP contribution >= 0.6 is 0 Å². The summed E-state index contributed by atoms with van der Waals surface area (Å²) in [6.45, 7) is 0. The van der Waals surface area contributed by atoms with Crippen molar-refractivity contribution in [2.75, 3.05) is 0 Å². The van der Waals surface area contributed by atoms with E-state index in [0.29, 0.717) is 0 Å². The van der Waals surface area contributed by atoms with Crippen LogP contribution in [0.1, 0.15) is 18.4 Å². The van der Waals surface area contributed by atoms with Gasteiger partial charge in [0, 0.05) is 5.39 Å².